The van der Waals surface area contributed by atoms with E-state index in [0.29, 0.717) is 6.54 Å². The predicted octanol–water partition coefficient (Wildman–Crippen LogP) is 4.49. The minimum Gasteiger partial charge on any atom is -0.325 e. The van der Waals surface area contributed by atoms with Gasteiger partial charge in [0.25, 0.3) is 0 Å². The number of benzene rings is 2. The number of nitrogens with zero attached hydrogens (tertiary/aromatic N) is 3. The number of piperazine rings is 1. The van der Waals surface area contributed by atoms with E-state index in [4.69, 9.17) is 5.10 Å². The molecule has 38 heavy (non-hydrogen) atoms. The molecule has 0 saturated carbocycles. The fraction of sp³-hybridized carbons (Fsp3) is 0.333. The summed E-state index contributed by atoms with van der Waals surface area (Å²) < 4.78 is 0. The molecule has 0 spiro atoms. The van der Waals surface area contributed by atoms with Gasteiger partial charge in [0.1, 0.15) is 5.69 Å². The number of hydrogen-bond acceptors (Lipinski definition) is 6. The van der Waals surface area contributed by atoms with E-state index < -0.39 is 0 Å². The molecule has 1 amide bonds. The number of amides is 1. The van der Waals surface area contributed by atoms with Crippen molar-refractivity contribution in [2.45, 2.75) is 26.4 Å². The maximum atomic E-state index is 12.3. The number of aryl methyl sites for hydroxylation is 1. The van der Waals surface area contributed by atoms with Crippen molar-refractivity contribution in [2.24, 2.45) is 0 Å². The average molecular weight is 527 g/mol. The Morgan fingerprint density at radius 3 is 2.76 bits per heavy atom. The minimum atomic E-state index is -0.0362. The highest BCUT2D eigenvalue weighted by atomic mass is 32.1. The number of likely N-dealkylation sites (N-methyl/N-ethyl adjacent to an activating group) is 1. The van der Waals surface area contributed by atoms with Crippen molar-refractivity contribution < 1.29 is 4.79 Å². The van der Waals surface area contributed by atoms with E-state index >= 15 is 0 Å². The van der Waals surface area contributed by atoms with Crippen molar-refractivity contribution >= 4 is 22.9 Å². The van der Waals surface area contributed by atoms with Gasteiger partial charge in [0.2, 0.25) is 5.91 Å². The molecule has 2 aromatic heterocycles. The summed E-state index contributed by atoms with van der Waals surface area (Å²) in [4.78, 5) is 19.6. The first-order chi connectivity index (χ1) is 18.5. The summed E-state index contributed by atoms with van der Waals surface area (Å²) in [6.07, 6.45) is 0.914. The molecular weight excluding hydrogens is 492 g/mol. The highest BCUT2D eigenvalue weighted by Gasteiger charge is 2.26. The third-order valence-corrected chi connectivity index (χ3v) is 8.67. The second-order valence-corrected chi connectivity index (χ2v) is 11.6. The van der Waals surface area contributed by atoms with Crippen molar-refractivity contribution in [1.29, 1.82) is 0 Å². The molecule has 6 rings (SSSR count). The number of carbonyl (C=O) groups is 1. The number of nitrogens with one attached hydrogen (secondary N) is 3. The molecule has 0 atom stereocenters. The molecule has 2 aromatic carbocycles. The first kappa shape index (κ1) is 25.0. The summed E-state index contributed by atoms with van der Waals surface area (Å²) >= 11 is 1.73. The van der Waals surface area contributed by atoms with Crippen molar-refractivity contribution in [3.63, 3.8) is 0 Å². The van der Waals surface area contributed by atoms with Crippen LogP contribution in [0.1, 0.15) is 27.1 Å². The Hall–Kier alpha value is -3.30. The van der Waals surface area contributed by atoms with Crippen LogP contribution < -0.4 is 10.6 Å². The van der Waals surface area contributed by atoms with E-state index in [1.165, 1.54) is 27.1 Å². The van der Waals surface area contributed by atoms with E-state index in [0.717, 1.165) is 66.7 Å². The molecule has 7 nitrogen and oxygen atoms in total. The van der Waals surface area contributed by atoms with Crippen LogP contribution in [0, 0.1) is 6.92 Å². The van der Waals surface area contributed by atoms with Crippen LogP contribution in [0.15, 0.2) is 54.6 Å². The summed E-state index contributed by atoms with van der Waals surface area (Å²) in [5.41, 5.74) is 9.46. The topological polar surface area (TPSA) is 76.3 Å². The first-order valence-corrected chi connectivity index (χ1v) is 14.1. The van der Waals surface area contributed by atoms with Gasteiger partial charge in [0.15, 0.2) is 0 Å². The fourth-order valence-electron chi connectivity index (χ4n) is 5.36. The molecule has 4 aromatic rings. The number of carbonyl (C=O) groups excluding carboxylic acids is 1. The van der Waals surface area contributed by atoms with Gasteiger partial charge in [-0.2, -0.15) is 5.10 Å². The van der Waals surface area contributed by atoms with E-state index in [2.05, 4.69) is 62.9 Å². The molecule has 2 aliphatic rings. The largest absolute Gasteiger partial charge is 0.325 e. The normalized spacial score (nSPS) is 15.4. The SMILES string of the molecule is Cc1ccccc1NC(=O)CNCc1ccc(-c2n[nH]c3c2Cc2cc(CN4CCN(C)CC4)ccc2-3)s1. The van der Waals surface area contributed by atoms with Gasteiger partial charge < -0.3 is 15.5 Å². The van der Waals surface area contributed by atoms with Gasteiger partial charge in [-0.15, -0.1) is 11.3 Å². The Morgan fingerprint density at radius 2 is 1.92 bits per heavy atom. The Bertz CT molecular complexity index is 1450. The number of aromatic amines is 1. The Balaban J connectivity index is 1.06. The molecule has 0 radical (unpaired) electrons. The highest BCUT2D eigenvalue weighted by molar-refractivity contribution is 7.15. The number of fused-ring (bicyclic) bond motifs is 3. The van der Waals surface area contributed by atoms with Gasteiger partial charge in [-0.05, 0) is 48.9 Å². The molecule has 3 N–H and O–H groups in total. The Labute approximate surface area is 227 Å². The Kier molecular flexibility index (Phi) is 7.12. The summed E-state index contributed by atoms with van der Waals surface area (Å²) in [5.74, 6) is -0.0362. The van der Waals surface area contributed by atoms with E-state index in [1.54, 1.807) is 11.3 Å². The number of hydrogen-bond donors (Lipinski definition) is 3. The van der Waals surface area contributed by atoms with E-state index in [9.17, 15) is 4.79 Å². The summed E-state index contributed by atoms with van der Waals surface area (Å²) in [5, 5.41) is 14.3. The standard InChI is InChI=1S/C30H34N6OS/c1-20-5-3-4-6-26(20)32-28(37)18-31-17-23-8-10-27(38-23)30-25-16-22-15-21(7-9-24(22)29(25)33-34-30)19-36-13-11-35(2)12-14-36/h3-10,15,31H,11-14,16-19H2,1-2H3,(H,32,37)(H,33,34). The number of para-hydroxylation sites is 1. The molecule has 1 saturated heterocycles. The smallest absolute Gasteiger partial charge is 0.238 e. The maximum Gasteiger partial charge on any atom is 0.238 e. The van der Waals surface area contributed by atoms with Crippen LogP contribution in [0.4, 0.5) is 5.69 Å². The van der Waals surface area contributed by atoms with Crippen molar-refractivity contribution in [1.82, 2.24) is 25.3 Å². The van der Waals surface area contributed by atoms with Gasteiger partial charge in [0.05, 0.1) is 17.1 Å². The van der Waals surface area contributed by atoms with Crippen LogP contribution in [0.3, 0.4) is 0 Å². The molecule has 3 heterocycles. The van der Waals surface area contributed by atoms with Crippen LogP contribution in [0.5, 0.6) is 0 Å². The lowest BCUT2D eigenvalue weighted by atomic mass is 10.0. The van der Waals surface area contributed by atoms with Crippen LogP contribution >= 0.6 is 11.3 Å². The van der Waals surface area contributed by atoms with E-state index in [1.807, 2.05) is 31.2 Å². The maximum absolute atomic E-state index is 12.3. The van der Waals surface area contributed by atoms with E-state index in [-0.39, 0.29) is 12.5 Å². The summed E-state index contributed by atoms with van der Waals surface area (Å²) in [6.45, 7) is 8.48. The lowest BCUT2D eigenvalue weighted by molar-refractivity contribution is -0.115. The van der Waals surface area contributed by atoms with Gasteiger partial charge in [0, 0.05) is 67.4 Å². The second-order valence-electron chi connectivity index (χ2n) is 10.4. The molecule has 1 fully saturated rings. The third-order valence-electron chi connectivity index (χ3n) is 7.57. The van der Waals surface area contributed by atoms with Crippen molar-refractivity contribution in [2.75, 3.05) is 45.1 Å². The molecule has 0 unspecified atom stereocenters. The monoisotopic (exact) mass is 526 g/mol. The summed E-state index contributed by atoms with van der Waals surface area (Å²) in [7, 11) is 2.20. The van der Waals surface area contributed by atoms with Crippen LogP contribution in [-0.4, -0.2) is 65.7 Å². The van der Waals surface area contributed by atoms with Crippen LogP contribution in [0.2, 0.25) is 0 Å². The zero-order valence-electron chi connectivity index (χ0n) is 22.0. The van der Waals surface area contributed by atoms with Crippen LogP contribution in [-0.2, 0) is 24.3 Å². The molecule has 1 aliphatic carbocycles. The molecule has 8 heteroatoms. The minimum absolute atomic E-state index is 0.0362. The van der Waals surface area contributed by atoms with Crippen LogP contribution in [0.25, 0.3) is 21.8 Å². The van der Waals surface area contributed by atoms with Crippen molar-refractivity contribution in [3.8, 4) is 21.8 Å². The van der Waals surface area contributed by atoms with Gasteiger partial charge >= 0.3 is 0 Å². The molecular formula is C30H34N6OS. The number of rotatable bonds is 8. The molecule has 1 aliphatic heterocycles. The Morgan fingerprint density at radius 1 is 1.08 bits per heavy atom. The zero-order chi connectivity index (χ0) is 26.1. The fourth-order valence-corrected chi connectivity index (χ4v) is 6.36. The number of anilines is 1. The number of thiophene rings is 1. The van der Waals surface area contributed by atoms with Gasteiger partial charge in [-0.3, -0.25) is 14.8 Å². The third kappa shape index (κ3) is 5.31. The average Bonchev–Trinajstić information content (AvgIpc) is 3.62. The highest BCUT2D eigenvalue weighted by Crippen LogP contribution is 2.42. The second kappa shape index (κ2) is 10.8. The van der Waals surface area contributed by atoms with Crippen molar-refractivity contribution in [3.05, 3.63) is 81.7 Å². The zero-order valence-corrected chi connectivity index (χ0v) is 22.8. The molecule has 0 bridgehead atoms. The van der Waals surface area contributed by atoms with Gasteiger partial charge in [-0.1, -0.05) is 36.4 Å². The lowest BCUT2D eigenvalue weighted by Crippen LogP contribution is -2.43. The lowest BCUT2D eigenvalue weighted by Gasteiger charge is -2.32. The quantitative estimate of drug-likeness (QED) is 0.278. The summed E-state index contributed by atoms with van der Waals surface area (Å²) in [6, 6.07) is 19.0. The first-order valence-electron chi connectivity index (χ1n) is 13.3. The number of aromatic nitrogens is 2. The number of H-pyrrole nitrogens is 1. The van der Waals surface area contributed by atoms with Gasteiger partial charge in [-0.25, -0.2) is 0 Å². The molecule has 196 valence electrons. The predicted molar refractivity (Wildman–Crippen MR) is 154 cm³/mol.